The summed E-state index contributed by atoms with van der Waals surface area (Å²) in [6, 6.07) is 3.95. The predicted octanol–water partition coefficient (Wildman–Crippen LogP) is 3.32. The molecular formula is C15H20O3. The Morgan fingerprint density at radius 3 is 2.50 bits per heavy atom. The van der Waals surface area contributed by atoms with E-state index in [1.807, 2.05) is 19.1 Å². The molecule has 0 saturated carbocycles. The molecule has 0 unspecified atom stereocenters. The van der Waals surface area contributed by atoms with Crippen molar-refractivity contribution >= 4 is 5.97 Å². The van der Waals surface area contributed by atoms with Crippen LogP contribution in [-0.4, -0.2) is 12.8 Å². The standard InChI is InChI=1S/C15H20O3/c1-6-13-7-8-14(12(5)11(13)4)17-9-18-15(16)10(2)3/h7-8H,2,6,9H2,1,3-5H3. The van der Waals surface area contributed by atoms with E-state index in [4.69, 9.17) is 9.47 Å². The van der Waals surface area contributed by atoms with E-state index in [0.29, 0.717) is 5.57 Å². The molecule has 98 valence electrons. The van der Waals surface area contributed by atoms with E-state index in [9.17, 15) is 4.79 Å². The first-order valence-electron chi connectivity index (χ1n) is 6.01. The van der Waals surface area contributed by atoms with Gasteiger partial charge in [0.05, 0.1) is 0 Å². The van der Waals surface area contributed by atoms with Crippen LogP contribution >= 0.6 is 0 Å². The first-order chi connectivity index (χ1) is 8.47. The van der Waals surface area contributed by atoms with E-state index in [2.05, 4.69) is 20.4 Å². The van der Waals surface area contributed by atoms with Crippen molar-refractivity contribution in [2.45, 2.75) is 34.1 Å². The summed E-state index contributed by atoms with van der Waals surface area (Å²) in [5.74, 6) is 0.314. The fraction of sp³-hybridized carbons (Fsp3) is 0.400. The van der Waals surface area contributed by atoms with Crippen molar-refractivity contribution in [3.8, 4) is 5.75 Å². The zero-order chi connectivity index (χ0) is 13.7. The Bertz CT molecular complexity index is 461. The highest BCUT2D eigenvalue weighted by molar-refractivity contribution is 5.86. The Hall–Kier alpha value is -1.77. The quantitative estimate of drug-likeness (QED) is 0.455. The van der Waals surface area contributed by atoms with E-state index in [-0.39, 0.29) is 6.79 Å². The van der Waals surface area contributed by atoms with Gasteiger partial charge in [0.15, 0.2) is 0 Å². The summed E-state index contributed by atoms with van der Waals surface area (Å²) in [7, 11) is 0. The molecular weight excluding hydrogens is 228 g/mol. The molecule has 0 aliphatic rings. The normalized spacial score (nSPS) is 10.0. The van der Waals surface area contributed by atoms with Gasteiger partial charge in [0, 0.05) is 5.57 Å². The summed E-state index contributed by atoms with van der Waals surface area (Å²) < 4.78 is 10.4. The number of esters is 1. The Morgan fingerprint density at radius 2 is 1.94 bits per heavy atom. The molecule has 0 saturated heterocycles. The van der Waals surface area contributed by atoms with Crippen LogP contribution in [0.15, 0.2) is 24.3 Å². The zero-order valence-corrected chi connectivity index (χ0v) is 11.5. The lowest BCUT2D eigenvalue weighted by atomic mass is 10.0. The van der Waals surface area contributed by atoms with Crippen molar-refractivity contribution in [1.29, 1.82) is 0 Å². The molecule has 0 radical (unpaired) electrons. The Labute approximate surface area is 108 Å². The Balaban J connectivity index is 2.66. The highest BCUT2D eigenvalue weighted by Gasteiger charge is 2.07. The van der Waals surface area contributed by atoms with Gasteiger partial charge in [-0.25, -0.2) is 4.79 Å². The van der Waals surface area contributed by atoms with Crippen LogP contribution in [-0.2, 0) is 16.0 Å². The largest absolute Gasteiger partial charge is 0.457 e. The molecule has 18 heavy (non-hydrogen) atoms. The molecule has 3 heteroatoms. The fourth-order valence-electron chi connectivity index (χ4n) is 1.66. The van der Waals surface area contributed by atoms with Crippen molar-refractivity contribution in [3.05, 3.63) is 41.0 Å². The molecule has 3 nitrogen and oxygen atoms in total. The first kappa shape index (κ1) is 14.3. The number of ether oxygens (including phenoxy) is 2. The van der Waals surface area contributed by atoms with Gasteiger partial charge in [-0.15, -0.1) is 0 Å². The summed E-state index contributed by atoms with van der Waals surface area (Å²) in [5.41, 5.74) is 3.98. The molecule has 0 fully saturated rings. The van der Waals surface area contributed by atoms with Crippen LogP contribution in [0.25, 0.3) is 0 Å². The van der Waals surface area contributed by atoms with Crippen LogP contribution in [0.2, 0.25) is 0 Å². The van der Waals surface area contributed by atoms with Crippen molar-refractivity contribution in [2.75, 3.05) is 6.79 Å². The number of aryl methyl sites for hydroxylation is 1. The van der Waals surface area contributed by atoms with Gasteiger partial charge in [0.25, 0.3) is 0 Å². The van der Waals surface area contributed by atoms with E-state index >= 15 is 0 Å². The molecule has 0 N–H and O–H groups in total. The lowest BCUT2D eigenvalue weighted by molar-refractivity contribution is -0.145. The summed E-state index contributed by atoms with van der Waals surface area (Å²) in [5, 5.41) is 0. The monoisotopic (exact) mass is 248 g/mol. The van der Waals surface area contributed by atoms with E-state index in [1.165, 1.54) is 11.1 Å². The van der Waals surface area contributed by atoms with Gasteiger partial charge < -0.3 is 9.47 Å². The smallest absolute Gasteiger partial charge is 0.335 e. The molecule has 0 spiro atoms. The maximum atomic E-state index is 11.2. The van der Waals surface area contributed by atoms with Gasteiger partial charge in [-0.05, 0) is 49.9 Å². The average Bonchev–Trinajstić information content (AvgIpc) is 2.34. The van der Waals surface area contributed by atoms with E-state index in [0.717, 1.165) is 17.7 Å². The lowest BCUT2D eigenvalue weighted by Crippen LogP contribution is -2.11. The molecule has 0 aliphatic carbocycles. The highest BCUT2D eigenvalue weighted by atomic mass is 16.7. The van der Waals surface area contributed by atoms with Crippen LogP contribution in [0.3, 0.4) is 0 Å². The Morgan fingerprint density at radius 1 is 1.28 bits per heavy atom. The minimum absolute atomic E-state index is 0.0859. The minimum atomic E-state index is -0.436. The Kier molecular flexibility index (Phi) is 4.95. The summed E-state index contributed by atoms with van der Waals surface area (Å²) in [6.07, 6.45) is 0.998. The fourth-order valence-corrected chi connectivity index (χ4v) is 1.66. The van der Waals surface area contributed by atoms with E-state index < -0.39 is 5.97 Å². The molecule has 0 aliphatic heterocycles. The molecule has 0 amide bonds. The van der Waals surface area contributed by atoms with Crippen LogP contribution in [0, 0.1) is 13.8 Å². The summed E-state index contributed by atoms with van der Waals surface area (Å²) in [4.78, 5) is 11.2. The number of benzene rings is 1. The van der Waals surface area contributed by atoms with Crippen LogP contribution in [0.5, 0.6) is 5.75 Å². The van der Waals surface area contributed by atoms with Gasteiger partial charge in [-0.3, -0.25) is 0 Å². The topological polar surface area (TPSA) is 35.5 Å². The molecule has 1 aromatic rings. The molecule has 1 rings (SSSR count). The second-order valence-corrected chi connectivity index (χ2v) is 4.30. The molecule has 0 heterocycles. The van der Waals surface area contributed by atoms with Gasteiger partial charge in [-0.1, -0.05) is 19.6 Å². The molecule has 0 bridgehead atoms. The maximum absolute atomic E-state index is 11.2. The van der Waals surface area contributed by atoms with Gasteiger partial charge in [-0.2, -0.15) is 0 Å². The number of carbonyl (C=O) groups excluding carboxylic acids is 1. The van der Waals surface area contributed by atoms with Gasteiger partial charge in [0.1, 0.15) is 5.75 Å². The van der Waals surface area contributed by atoms with E-state index in [1.54, 1.807) is 6.92 Å². The number of hydrogen-bond donors (Lipinski definition) is 0. The predicted molar refractivity (Wildman–Crippen MR) is 71.7 cm³/mol. The van der Waals surface area contributed by atoms with Crippen molar-refractivity contribution in [1.82, 2.24) is 0 Å². The number of rotatable bonds is 5. The third kappa shape index (κ3) is 3.36. The first-order valence-corrected chi connectivity index (χ1v) is 6.01. The summed E-state index contributed by atoms with van der Waals surface area (Å²) in [6.45, 7) is 11.2. The van der Waals surface area contributed by atoms with Gasteiger partial charge >= 0.3 is 5.97 Å². The minimum Gasteiger partial charge on any atom is -0.457 e. The van der Waals surface area contributed by atoms with Crippen LogP contribution in [0.4, 0.5) is 0 Å². The molecule has 0 atom stereocenters. The lowest BCUT2D eigenvalue weighted by Gasteiger charge is -2.13. The number of carbonyl (C=O) groups is 1. The average molecular weight is 248 g/mol. The maximum Gasteiger partial charge on any atom is 0.335 e. The van der Waals surface area contributed by atoms with Crippen LogP contribution in [0.1, 0.15) is 30.5 Å². The SMILES string of the molecule is C=C(C)C(=O)OCOc1ccc(CC)c(C)c1C. The number of hydrogen-bond acceptors (Lipinski definition) is 3. The third-order valence-electron chi connectivity index (χ3n) is 2.98. The zero-order valence-electron chi connectivity index (χ0n) is 11.5. The second-order valence-electron chi connectivity index (χ2n) is 4.30. The highest BCUT2D eigenvalue weighted by Crippen LogP contribution is 2.24. The molecule has 1 aromatic carbocycles. The van der Waals surface area contributed by atoms with Gasteiger partial charge in [0.2, 0.25) is 6.79 Å². The third-order valence-corrected chi connectivity index (χ3v) is 2.98. The van der Waals surface area contributed by atoms with Crippen molar-refractivity contribution in [3.63, 3.8) is 0 Å². The molecule has 0 aromatic heterocycles. The summed E-state index contributed by atoms with van der Waals surface area (Å²) >= 11 is 0. The van der Waals surface area contributed by atoms with Crippen molar-refractivity contribution in [2.24, 2.45) is 0 Å². The second kappa shape index (κ2) is 6.24. The van der Waals surface area contributed by atoms with Crippen molar-refractivity contribution < 1.29 is 14.3 Å². The van der Waals surface area contributed by atoms with Crippen LogP contribution < -0.4 is 4.74 Å².